The van der Waals surface area contributed by atoms with Crippen LogP contribution in [0.3, 0.4) is 0 Å². The van der Waals surface area contributed by atoms with Crippen molar-refractivity contribution in [2.24, 2.45) is 28.7 Å². The summed E-state index contributed by atoms with van der Waals surface area (Å²) < 4.78 is 5.75. The number of hydrogen-bond donors (Lipinski definition) is 1. The van der Waals surface area contributed by atoms with E-state index in [1.54, 1.807) is 13.3 Å². The first-order chi connectivity index (χ1) is 20.7. The second-order valence-corrected chi connectivity index (χ2v) is 12.8. The molecule has 2 aromatic rings. The Kier molecular flexibility index (Phi) is 9.83. The molecule has 8 nitrogen and oxygen atoms in total. The highest BCUT2D eigenvalue weighted by atomic mass is 16.4. The third-order valence-corrected chi connectivity index (χ3v) is 9.54. The quantitative estimate of drug-likeness (QED) is 0.184. The molecule has 0 atom stereocenters. The first kappa shape index (κ1) is 30.8. The number of nitrogens with zero attached hydrogens (tertiary/aromatic N) is 4. The number of benzene rings is 1. The van der Waals surface area contributed by atoms with Crippen LogP contribution in [0.5, 0.6) is 0 Å². The molecule has 1 aromatic heterocycles. The first-order valence-corrected chi connectivity index (χ1v) is 15.8. The number of aliphatic carboxylic acids is 1. The Hall–Kier alpha value is -3.68. The molecule has 0 radical (unpaired) electrons. The van der Waals surface area contributed by atoms with Gasteiger partial charge in [0.25, 0.3) is 0 Å². The molecular weight excluding hydrogens is 540 g/mol. The number of amidine groups is 1. The standard InChI is InChI=1S/C35H46N4O4/c1-23(8-19-32(36-2)38(3)4)25-11-9-24(10-12-25)21-39(34(40)27-15-17-28(18-16-27)35(41)42)30-7-5-6-29(20-30)31-22-43-33(37-31)26-13-14-26/h5-8,19-20,22,24-28H,1,9-18,21H2,2-4H3,(H,41,42)/b19-8-,36-32?. The molecule has 1 heterocycles. The van der Waals surface area contributed by atoms with Gasteiger partial charge in [-0.05, 0) is 94.3 Å². The summed E-state index contributed by atoms with van der Waals surface area (Å²) in [4.78, 5) is 38.7. The SMILES string of the molecule is C=C(/C=C\C(=NC)N(C)C)C1CCC(CN(C(=O)C2CCC(C(=O)O)CC2)c2cccc(-c3coc(C4CC4)n3)c2)CC1. The number of aromatic nitrogens is 1. The van der Waals surface area contributed by atoms with Gasteiger partial charge in [0, 0.05) is 50.8 Å². The van der Waals surface area contributed by atoms with Crippen LogP contribution in [-0.4, -0.2) is 60.4 Å². The van der Waals surface area contributed by atoms with Crippen LogP contribution in [0.25, 0.3) is 11.3 Å². The molecule has 1 N–H and O–H groups in total. The van der Waals surface area contributed by atoms with Gasteiger partial charge >= 0.3 is 5.97 Å². The smallest absolute Gasteiger partial charge is 0.306 e. The van der Waals surface area contributed by atoms with Gasteiger partial charge in [0.1, 0.15) is 17.8 Å². The zero-order valence-corrected chi connectivity index (χ0v) is 25.9. The van der Waals surface area contributed by atoms with E-state index < -0.39 is 5.97 Å². The number of rotatable bonds is 10. The molecule has 3 fully saturated rings. The first-order valence-electron chi connectivity index (χ1n) is 15.8. The number of carboxylic acid groups (broad SMARTS) is 1. The number of amides is 1. The minimum Gasteiger partial charge on any atom is -0.481 e. The van der Waals surface area contributed by atoms with Crippen LogP contribution in [0.4, 0.5) is 5.69 Å². The molecule has 3 aliphatic rings. The molecule has 0 unspecified atom stereocenters. The third kappa shape index (κ3) is 7.64. The van der Waals surface area contributed by atoms with E-state index in [4.69, 9.17) is 9.40 Å². The van der Waals surface area contributed by atoms with Gasteiger partial charge in [-0.25, -0.2) is 4.98 Å². The van der Waals surface area contributed by atoms with Crippen molar-refractivity contribution in [1.29, 1.82) is 0 Å². The minimum atomic E-state index is -0.748. The van der Waals surface area contributed by atoms with Crippen molar-refractivity contribution >= 4 is 23.4 Å². The van der Waals surface area contributed by atoms with Gasteiger partial charge < -0.3 is 19.3 Å². The van der Waals surface area contributed by atoms with E-state index in [0.717, 1.165) is 72.8 Å². The number of carbonyl (C=O) groups is 2. The van der Waals surface area contributed by atoms with Crippen molar-refractivity contribution in [3.63, 3.8) is 0 Å². The van der Waals surface area contributed by atoms with Gasteiger partial charge in [0.2, 0.25) is 5.91 Å². The van der Waals surface area contributed by atoms with Gasteiger partial charge in [-0.3, -0.25) is 14.6 Å². The lowest BCUT2D eigenvalue weighted by Crippen LogP contribution is -2.42. The second kappa shape index (κ2) is 13.7. The van der Waals surface area contributed by atoms with Crippen molar-refractivity contribution in [1.82, 2.24) is 9.88 Å². The fourth-order valence-electron chi connectivity index (χ4n) is 6.62. The van der Waals surface area contributed by atoms with Crippen LogP contribution in [0.1, 0.15) is 76.0 Å². The fourth-order valence-corrected chi connectivity index (χ4v) is 6.62. The third-order valence-electron chi connectivity index (χ3n) is 9.54. The normalized spacial score (nSPS) is 24.6. The van der Waals surface area contributed by atoms with Crippen molar-refractivity contribution in [3.05, 3.63) is 60.7 Å². The molecule has 5 rings (SSSR count). The number of carbonyl (C=O) groups excluding carboxylic acids is 1. The zero-order valence-electron chi connectivity index (χ0n) is 25.9. The maximum absolute atomic E-state index is 14.1. The number of carboxylic acids is 1. The Balaban J connectivity index is 1.29. The highest BCUT2D eigenvalue weighted by Gasteiger charge is 2.34. The van der Waals surface area contributed by atoms with E-state index in [1.807, 2.05) is 48.2 Å². The van der Waals surface area contributed by atoms with Crippen molar-refractivity contribution in [2.45, 2.75) is 70.1 Å². The fraction of sp³-hybridized carbons (Fsp3) is 0.543. The highest BCUT2D eigenvalue weighted by Crippen LogP contribution is 2.41. The van der Waals surface area contributed by atoms with E-state index in [9.17, 15) is 14.7 Å². The number of allylic oxidation sites excluding steroid dienone is 2. The number of oxazole rings is 1. The molecule has 0 bridgehead atoms. The highest BCUT2D eigenvalue weighted by molar-refractivity contribution is 5.96. The molecule has 0 aliphatic heterocycles. The Bertz CT molecular complexity index is 1360. The van der Waals surface area contributed by atoms with E-state index in [-0.39, 0.29) is 17.7 Å². The molecule has 0 saturated heterocycles. The number of hydrogen-bond acceptors (Lipinski definition) is 5. The summed E-state index contributed by atoms with van der Waals surface area (Å²) in [5, 5.41) is 9.48. The summed E-state index contributed by atoms with van der Waals surface area (Å²) in [5.41, 5.74) is 3.76. The van der Waals surface area contributed by atoms with Crippen molar-refractivity contribution in [3.8, 4) is 11.3 Å². The summed E-state index contributed by atoms with van der Waals surface area (Å²) in [6.45, 7) is 5.02. The molecule has 230 valence electrons. The predicted octanol–water partition coefficient (Wildman–Crippen LogP) is 6.95. The molecule has 1 amide bonds. The molecule has 1 aromatic carbocycles. The maximum Gasteiger partial charge on any atom is 0.306 e. The maximum atomic E-state index is 14.1. The van der Waals surface area contributed by atoms with Crippen LogP contribution in [0.15, 0.2) is 64.2 Å². The number of anilines is 1. The summed E-state index contributed by atoms with van der Waals surface area (Å²) in [6, 6.07) is 8.09. The summed E-state index contributed by atoms with van der Waals surface area (Å²) >= 11 is 0. The Morgan fingerprint density at radius 2 is 1.67 bits per heavy atom. The van der Waals surface area contributed by atoms with E-state index >= 15 is 0 Å². The number of aliphatic imine (C=N–C) groups is 1. The van der Waals surface area contributed by atoms with Crippen molar-refractivity contribution in [2.75, 3.05) is 32.6 Å². The van der Waals surface area contributed by atoms with Crippen LogP contribution in [0.2, 0.25) is 0 Å². The van der Waals surface area contributed by atoms with E-state index in [1.165, 1.54) is 0 Å². The second-order valence-electron chi connectivity index (χ2n) is 12.8. The van der Waals surface area contributed by atoms with Crippen LogP contribution in [0, 0.1) is 23.7 Å². The van der Waals surface area contributed by atoms with Crippen LogP contribution in [-0.2, 0) is 9.59 Å². The minimum absolute atomic E-state index is 0.115. The average molecular weight is 587 g/mol. The molecule has 8 heteroatoms. The summed E-state index contributed by atoms with van der Waals surface area (Å²) in [6.07, 6.45) is 14.6. The topological polar surface area (TPSA) is 99.2 Å². The average Bonchev–Trinajstić information content (AvgIpc) is 3.75. The van der Waals surface area contributed by atoms with Crippen molar-refractivity contribution < 1.29 is 19.1 Å². The van der Waals surface area contributed by atoms with Crippen LogP contribution < -0.4 is 4.90 Å². The molecule has 43 heavy (non-hydrogen) atoms. The molecule has 0 spiro atoms. The van der Waals surface area contributed by atoms with Gasteiger partial charge in [0.05, 0.1) is 5.92 Å². The Morgan fingerprint density at radius 3 is 2.30 bits per heavy atom. The van der Waals surface area contributed by atoms with Gasteiger partial charge in [0.15, 0.2) is 5.89 Å². The molecule has 3 saturated carbocycles. The largest absolute Gasteiger partial charge is 0.481 e. The summed E-state index contributed by atoms with van der Waals surface area (Å²) in [7, 11) is 5.77. The number of likely N-dealkylation sites (N-methyl/N-ethyl adjacent to an activating group) is 1. The Labute approximate surface area is 255 Å². The summed E-state index contributed by atoms with van der Waals surface area (Å²) in [5.74, 6) is 1.84. The van der Waals surface area contributed by atoms with E-state index in [0.29, 0.717) is 50.0 Å². The lowest BCUT2D eigenvalue weighted by atomic mass is 9.78. The Morgan fingerprint density at radius 1 is 1.00 bits per heavy atom. The van der Waals surface area contributed by atoms with E-state index in [2.05, 4.69) is 23.7 Å². The van der Waals surface area contributed by atoms with Gasteiger partial charge in [-0.1, -0.05) is 30.4 Å². The van der Waals surface area contributed by atoms with Gasteiger partial charge in [-0.15, -0.1) is 0 Å². The van der Waals surface area contributed by atoms with Crippen LogP contribution >= 0.6 is 0 Å². The predicted molar refractivity (Wildman–Crippen MR) is 170 cm³/mol. The molecule has 3 aliphatic carbocycles. The van der Waals surface area contributed by atoms with Gasteiger partial charge in [-0.2, -0.15) is 0 Å². The molecular formula is C35H46N4O4. The zero-order chi connectivity index (χ0) is 30.5. The monoisotopic (exact) mass is 586 g/mol. The lowest BCUT2D eigenvalue weighted by molar-refractivity contribution is -0.144. The lowest BCUT2D eigenvalue weighted by Gasteiger charge is -2.36.